The van der Waals surface area contributed by atoms with Gasteiger partial charge in [-0.15, -0.1) is 11.3 Å². The van der Waals surface area contributed by atoms with Crippen LogP contribution in [0.25, 0.3) is 0 Å². The Labute approximate surface area is 133 Å². The molecule has 0 aliphatic carbocycles. The molecule has 0 amide bonds. The van der Waals surface area contributed by atoms with Crippen LogP contribution in [0, 0.1) is 0 Å². The van der Waals surface area contributed by atoms with E-state index in [9.17, 15) is 0 Å². The first-order chi connectivity index (χ1) is 10.1. The van der Waals surface area contributed by atoms with Gasteiger partial charge in [-0.25, -0.2) is 0 Å². The molecule has 2 unspecified atom stereocenters. The zero-order valence-electron chi connectivity index (χ0n) is 13.9. The van der Waals surface area contributed by atoms with Crippen molar-refractivity contribution in [3.63, 3.8) is 0 Å². The predicted molar refractivity (Wildman–Crippen MR) is 91.3 cm³/mol. The van der Waals surface area contributed by atoms with Crippen molar-refractivity contribution in [2.24, 2.45) is 0 Å². The van der Waals surface area contributed by atoms with Gasteiger partial charge in [0, 0.05) is 34.4 Å². The Bertz CT molecular complexity index is 428. The molecule has 1 aromatic rings. The summed E-state index contributed by atoms with van der Waals surface area (Å²) < 4.78 is 5.53. The molecule has 1 aromatic heterocycles. The highest BCUT2D eigenvalue weighted by Gasteiger charge is 2.38. The van der Waals surface area contributed by atoms with Crippen molar-refractivity contribution in [2.75, 3.05) is 33.4 Å². The van der Waals surface area contributed by atoms with E-state index >= 15 is 0 Å². The number of morpholine rings is 1. The molecule has 2 heterocycles. The Balaban J connectivity index is 2.11. The number of rotatable bonds is 7. The molecular formula is C17H30N2OS. The number of hydrogen-bond donors (Lipinski definition) is 1. The quantitative estimate of drug-likeness (QED) is 0.838. The smallest absolute Gasteiger partial charge is 0.0594 e. The van der Waals surface area contributed by atoms with Gasteiger partial charge in [0.2, 0.25) is 0 Å². The minimum absolute atomic E-state index is 0.189. The summed E-state index contributed by atoms with van der Waals surface area (Å²) in [5.41, 5.74) is 0.189. The second-order valence-corrected chi connectivity index (χ2v) is 7.33. The molecular weight excluding hydrogens is 280 g/mol. The molecule has 0 aromatic carbocycles. The Morgan fingerprint density at radius 1 is 1.29 bits per heavy atom. The topological polar surface area (TPSA) is 24.5 Å². The molecule has 4 heteroatoms. The monoisotopic (exact) mass is 310 g/mol. The minimum Gasteiger partial charge on any atom is -0.379 e. The molecule has 2 atom stereocenters. The fraction of sp³-hybridized carbons (Fsp3) is 0.765. The lowest BCUT2D eigenvalue weighted by Crippen LogP contribution is -2.61. The molecule has 0 saturated carbocycles. The normalized spacial score (nSPS) is 21.1. The predicted octanol–water partition coefficient (Wildman–Crippen LogP) is 2.94. The van der Waals surface area contributed by atoms with E-state index in [1.54, 1.807) is 0 Å². The zero-order chi connectivity index (χ0) is 15.3. The minimum atomic E-state index is 0.189. The molecule has 1 N–H and O–H groups in total. The van der Waals surface area contributed by atoms with Crippen LogP contribution >= 0.6 is 11.3 Å². The van der Waals surface area contributed by atoms with Crippen molar-refractivity contribution < 1.29 is 4.74 Å². The van der Waals surface area contributed by atoms with Crippen LogP contribution in [-0.2, 0) is 17.6 Å². The third kappa shape index (κ3) is 3.86. The van der Waals surface area contributed by atoms with Gasteiger partial charge in [0.05, 0.1) is 13.2 Å². The average Bonchev–Trinajstić information content (AvgIpc) is 3.00. The van der Waals surface area contributed by atoms with Gasteiger partial charge < -0.3 is 10.1 Å². The summed E-state index contributed by atoms with van der Waals surface area (Å²) in [4.78, 5) is 5.61. The van der Waals surface area contributed by atoms with E-state index in [1.807, 2.05) is 11.3 Å². The third-order valence-electron chi connectivity index (χ3n) is 5.02. The Hall–Kier alpha value is -0.420. The average molecular weight is 311 g/mol. The van der Waals surface area contributed by atoms with Crippen molar-refractivity contribution >= 4 is 11.3 Å². The highest BCUT2D eigenvalue weighted by atomic mass is 32.1. The van der Waals surface area contributed by atoms with Crippen LogP contribution in [0.3, 0.4) is 0 Å². The van der Waals surface area contributed by atoms with Crippen LogP contribution in [-0.4, -0.2) is 49.8 Å². The highest BCUT2D eigenvalue weighted by Crippen LogP contribution is 2.29. The molecule has 0 bridgehead atoms. The van der Waals surface area contributed by atoms with Crippen molar-refractivity contribution in [2.45, 2.75) is 51.6 Å². The lowest BCUT2D eigenvalue weighted by atomic mass is 9.84. The lowest BCUT2D eigenvalue weighted by molar-refractivity contribution is -0.0312. The zero-order valence-corrected chi connectivity index (χ0v) is 14.8. The molecule has 1 fully saturated rings. The first-order valence-electron chi connectivity index (χ1n) is 8.21. The SMILES string of the molecule is CCc1ccc(CC(NC)C(C)(CC)N2CCOCC2)s1. The summed E-state index contributed by atoms with van der Waals surface area (Å²) in [6.45, 7) is 10.8. The molecule has 2 rings (SSSR count). The summed E-state index contributed by atoms with van der Waals surface area (Å²) in [5, 5.41) is 3.59. The van der Waals surface area contributed by atoms with Gasteiger partial charge in [0.15, 0.2) is 0 Å². The number of nitrogens with one attached hydrogen (secondary N) is 1. The van der Waals surface area contributed by atoms with Crippen molar-refractivity contribution in [3.8, 4) is 0 Å². The van der Waals surface area contributed by atoms with E-state index in [4.69, 9.17) is 4.74 Å². The van der Waals surface area contributed by atoms with Crippen LogP contribution in [0.1, 0.15) is 36.9 Å². The fourth-order valence-corrected chi connectivity index (χ4v) is 4.32. The van der Waals surface area contributed by atoms with Gasteiger partial charge in [-0.2, -0.15) is 0 Å². The van der Waals surface area contributed by atoms with E-state index in [0.717, 1.165) is 45.6 Å². The van der Waals surface area contributed by atoms with Gasteiger partial charge in [-0.3, -0.25) is 4.90 Å². The maximum absolute atomic E-state index is 5.53. The summed E-state index contributed by atoms with van der Waals surface area (Å²) in [7, 11) is 2.10. The molecule has 0 radical (unpaired) electrons. The van der Waals surface area contributed by atoms with Crippen LogP contribution < -0.4 is 5.32 Å². The van der Waals surface area contributed by atoms with E-state index in [1.165, 1.54) is 9.75 Å². The van der Waals surface area contributed by atoms with E-state index in [-0.39, 0.29) is 5.54 Å². The van der Waals surface area contributed by atoms with Crippen LogP contribution in [0.2, 0.25) is 0 Å². The molecule has 1 aliphatic rings. The number of hydrogen-bond acceptors (Lipinski definition) is 4. The molecule has 0 spiro atoms. The third-order valence-corrected chi connectivity index (χ3v) is 6.27. The van der Waals surface area contributed by atoms with E-state index in [2.05, 4.69) is 50.2 Å². The number of likely N-dealkylation sites (N-methyl/N-ethyl adjacent to an activating group) is 1. The van der Waals surface area contributed by atoms with Crippen LogP contribution in [0.15, 0.2) is 12.1 Å². The fourth-order valence-electron chi connectivity index (χ4n) is 3.32. The van der Waals surface area contributed by atoms with Gasteiger partial charge in [-0.05, 0) is 45.4 Å². The first-order valence-corrected chi connectivity index (χ1v) is 9.03. The lowest BCUT2D eigenvalue weighted by Gasteiger charge is -2.47. The largest absolute Gasteiger partial charge is 0.379 e. The number of ether oxygens (including phenoxy) is 1. The van der Waals surface area contributed by atoms with E-state index in [0.29, 0.717) is 6.04 Å². The van der Waals surface area contributed by atoms with Gasteiger partial charge in [-0.1, -0.05) is 13.8 Å². The van der Waals surface area contributed by atoms with Gasteiger partial charge >= 0.3 is 0 Å². The summed E-state index contributed by atoms with van der Waals surface area (Å²) >= 11 is 1.97. The van der Waals surface area contributed by atoms with Crippen molar-refractivity contribution in [3.05, 3.63) is 21.9 Å². The van der Waals surface area contributed by atoms with Gasteiger partial charge in [0.25, 0.3) is 0 Å². The van der Waals surface area contributed by atoms with Crippen molar-refractivity contribution in [1.82, 2.24) is 10.2 Å². The molecule has 3 nitrogen and oxygen atoms in total. The Kier molecular flexibility index (Phi) is 6.23. The standard InChI is InChI=1S/C17H30N2OS/c1-5-14-7-8-15(21-14)13-16(18-4)17(3,6-2)19-9-11-20-12-10-19/h7-8,16,18H,5-6,9-13H2,1-4H3. The maximum atomic E-state index is 5.53. The van der Waals surface area contributed by atoms with Crippen LogP contribution in [0.5, 0.6) is 0 Å². The van der Waals surface area contributed by atoms with E-state index < -0.39 is 0 Å². The number of aryl methyl sites for hydroxylation is 1. The first kappa shape index (κ1) is 16.9. The molecule has 1 saturated heterocycles. The summed E-state index contributed by atoms with van der Waals surface area (Å²) in [6, 6.07) is 5.07. The van der Waals surface area contributed by atoms with Gasteiger partial charge in [0.1, 0.15) is 0 Å². The second-order valence-electron chi connectivity index (χ2n) is 6.08. The summed E-state index contributed by atoms with van der Waals surface area (Å²) in [6.07, 6.45) is 3.41. The summed E-state index contributed by atoms with van der Waals surface area (Å²) in [5.74, 6) is 0. The number of nitrogens with zero attached hydrogens (tertiary/aromatic N) is 1. The molecule has 21 heavy (non-hydrogen) atoms. The highest BCUT2D eigenvalue weighted by molar-refractivity contribution is 7.11. The van der Waals surface area contributed by atoms with Crippen molar-refractivity contribution in [1.29, 1.82) is 0 Å². The Morgan fingerprint density at radius 3 is 2.48 bits per heavy atom. The maximum Gasteiger partial charge on any atom is 0.0594 e. The molecule has 120 valence electrons. The molecule has 1 aliphatic heterocycles. The number of thiophene rings is 1. The Morgan fingerprint density at radius 2 is 1.95 bits per heavy atom. The second kappa shape index (κ2) is 7.73. The van der Waals surface area contributed by atoms with Crippen LogP contribution in [0.4, 0.5) is 0 Å².